The van der Waals surface area contributed by atoms with Crippen molar-refractivity contribution >= 4 is 0 Å². The number of likely N-dealkylation sites (N-methyl/N-ethyl adjacent to an activating group) is 1. The molecular formula is C17H34N2O. The summed E-state index contributed by atoms with van der Waals surface area (Å²) in [7, 11) is 2.20. The molecule has 0 saturated carbocycles. The summed E-state index contributed by atoms with van der Waals surface area (Å²) >= 11 is 0. The van der Waals surface area contributed by atoms with Gasteiger partial charge in [-0.25, -0.2) is 0 Å². The SMILES string of the molecule is CCCC(C)C1CCC(CCC2CN(C)CCO2)NC1. The maximum absolute atomic E-state index is 5.86. The van der Waals surface area contributed by atoms with Crippen LogP contribution in [0.5, 0.6) is 0 Å². The first-order valence-electron chi connectivity index (χ1n) is 8.72. The highest BCUT2D eigenvalue weighted by atomic mass is 16.5. The summed E-state index contributed by atoms with van der Waals surface area (Å²) < 4.78 is 5.86. The van der Waals surface area contributed by atoms with Crippen LogP contribution in [0.3, 0.4) is 0 Å². The predicted molar refractivity (Wildman–Crippen MR) is 85.1 cm³/mol. The minimum Gasteiger partial charge on any atom is -0.376 e. The van der Waals surface area contributed by atoms with Crippen LogP contribution in [0.2, 0.25) is 0 Å². The fourth-order valence-electron chi connectivity index (χ4n) is 3.79. The highest BCUT2D eigenvalue weighted by Gasteiger charge is 2.25. The lowest BCUT2D eigenvalue weighted by atomic mass is 9.82. The largest absolute Gasteiger partial charge is 0.376 e. The predicted octanol–water partition coefficient (Wildman–Crippen LogP) is 2.90. The summed E-state index contributed by atoms with van der Waals surface area (Å²) in [5.41, 5.74) is 0. The van der Waals surface area contributed by atoms with Crippen molar-refractivity contribution in [1.82, 2.24) is 10.2 Å². The molecule has 0 aromatic heterocycles. The van der Waals surface area contributed by atoms with Crippen LogP contribution in [-0.4, -0.2) is 50.3 Å². The van der Waals surface area contributed by atoms with Crippen LogP contribution in [0.4, 0.5) is 0 Å². The normalized spacial score (nSPS) is 34.0. The van der Waals surface area contributed by atoms with E-state index >= 15 is 0 Å². The minimum absolute atomic E-state index is 0.465. The van der Waals surface area contributed by atoms with Gasteiger partial charge >= 0.3 is 0 Å². The van der Waals surface area contributed by atoms with Crippen LogP contribution < -0.4 is 5.32 Å². The quantitative estimate of drug-likeness (QED) is 0.811. The monoisotopic (exact) mass is 282 g/mol. The Morgan fingerprint density at radius 3 is 2.80 bits per heavy atom. The number of piperidine rings is 1. The van der Waals surface area contributed by atoms with E-state index < -0.39 is 0 Å². The molecule has 4 unspecified atom stereocenters. The van der Waals surface area contributed by atoms with E-state index in [0.717, 1.165) is 37.6 Å². The van der Waals surface area contributed by atoms with Gasteiger partial charge in [0, 0.05) is 19.1 Å². The van der Waals surface area contributed by atoms with Crippen LogP contribution in [0.1, 0.15) is 52.4 Å². The van der Waals surface area contributed by atoms with E-state index in [-0.39, 0.29) is 0 Å². The maximum atomic E-state index is 5.86. The smallest absolute Gasteiger partial charge is 0.0703 e. The summed E-state index contributed by atoms with van der Waals surface area (Å²) in [4.78, 5) is 2.39. The minimum atomic E-state index is 0.465. The van der Waals surface area contributed by atoms with Crippen molar-refractivity contribution < 1.29 is 4.74 Å². The highest BCUT2D eigenvalue weighted by Crippen LogP contribution is 2.27. The van der Waals surface area contributed by atoms with Gasteiger partial charge in [-0.1, -0.05) is 26.7 Å². The van der Waals surface area contributed by atoms with E-state index in [1.807, 2.05) is 0 Å². The van der Waals surface area contributed by atoms with Gasteiger partial charge in [-0.15, -0.1) is 0 Å². The van der Waals surface area contributed by atoms with E-state index in [1.165, 1.54) is 45.1 Å². The molecule has 2 aliphatic rings. The molecule has 1 N–H and O–H groups in total. The second-order valence-corrected chi connectivity index (χ2v) is 7.04. The van der Waals surface area contributed by atoms with Gasteiger partial charge in [-0.05, 0) is 51.1 Å². The van der Waals surface area contributed by atoms with Crippen molar-refractivity contribution in [3.05, 3.63) is 0 Å². The fourth-order valence-corrected chi connectivity index (χ4v) is 3.79. The van der Waals surface area contributed by atoms with E-state index in [4.69, 9.17) is 4.74 Å². The van der Waals surface area contributed by atoms with Crippen molar-refractivity contribution in [2.75, 3.05) is 33.3 Å². The molecule has 20 heavy (non-hydrogen) atoms. The molecule has 3 nitrogen and oxygen atoms in total. The summed E-state index contributed by atoms with van der Waals surface area (Å²) in [5.74, 6) is 1.80. The third kappa shape index (κ3) is 5.01. The molecule has 0 bridgehead atoms. The number of ether oxygens (including phenoxy) is 1. The molecule has 2 fully saturated rings. The molecule has 4 atom stereocenters. The number of morpholine rings is 1. The van der Waals surface area contributed by atoms with E-state index in [0.29, 0.717) is 6.10 Å². The first-order chi connectivity index (χ1) is 9.69. The van der Waals surface area contributed by atoms with Gasteiger partial charge in [-0.2, -0.15) is 0 Å². The molecule has 2 aliphatic heterocycles. The van der Waals surface area contributed by atoms with Crippen molar-refractivity contribution in [3.8, 4) is 0 Å². The maximum Gasteiger partial charge on any atom is 0.0703 e. The molecule has 2 heterocycles. The molecule has 118 valence electrons. The average Bonchev–Trinajstić information content (AvgIpc) is 2.46. The van der Waals surface area contributed by atoms with E-state index in [1.54, 1.807) is 0 Å². The van der Waals surface area contributed by atoms with Gasteiger partial charge in [-0.3, -0.25) is 0 Å². The van der Waals surface area contributed by atoms with E-state index in [9.17, 15) is 0 Å². The number of hydrogen-bond acceptors (Lipinski definition) is 3. The van der Waals surface area contributed by atoms with Crippen molar-refractivity contribution in [2.24, 2.45) is 11.8 Å². The summed E-state index contributed by atoms with van der Waals surface area (Å²) in [6, 6.07) is 0.732. The van der Waals surface area contributed by atoms with Gasteiger partial charge in [0.05, 0.1) is 12.7 Å². The Balaban J connectivity index is 1.62. The van der Waals surface area contributed by atoms with Crippen LogP contribution in [0.25, 0.3) is 0 Å². The Labute approximate surface area is 125 Å². The van der Waals surface area contributed by atoms with Crippen LogP contribution in [-0.2, 0) is 4.74 Å². The zero-order valence-corrected chi connectivity index (χ0v) is 13.7. The number of nitrogens with one attached hydrogen (secondary N) is 1. The lowest BCUT2D eigenvalue weighted by molar-refractivity contribution is -0.0257. The second-order valence-electron chi connectivity index (χ2n) is 7.04. The first-order valence-corrected chi connectivity index (χ1v) is 8.72. The zero-order valence-electron chi connectivity index (χ0n) is 13.7. The first kappa shape index (κ1) is 16.3. The molecule has 0 amide bonds. The van der Waals surface area contributed by atoms with Crippen LogP contribution in [0, 0.1) is 11.8 Å². The lowest BCUT2D eigenvalue weighted by Gasteiger charge is -2.35. The molecule has 0 aromatic carbocycles. The van der Waals surface area contributed by atoms with E-state index in [2.05, 4.69) is 31.1 Å². The van der Waals surface area contributed by atoms with Gasteiger partial charge in [0.15, 0.2) is 0 Å². The fraction of sp³-hybridized carbons (Fsp3) is 1.00. The molecule has 0 spiro atoms. The second kappa shape index (κ2) is 8.35. The van der Waals surface area contributed by atoms with Crippen molar-refractivity contribution in [3.63, 3.8) is 0 Å². The van der Waals surface area contributed by atoms with Gasteiger partial charge in [0.1, 0.15) is 0 Å². The van der Waals surface area contributed by atoms with Gasteiger partial charge in [0.25, 0.3) is 0 Å². The molecule has 2 rings (SSSR count). The lowest BCUT2D eigenvalue weighted by Crippen LogP contribution is -2.43. The Kier molecular flexibility index (Phi) is 6.79. The van der Waals surface area contributed by atoms with Crippen molar-refractivity contribution in [1.29, 1.82) is 0 Å². The molecule has 3 heteroatoms. The molecule has 2 saturated heterocycles. The van der Waals surface area contributed by atoms with Gasteiger partial charge in [0.2, 0.25) is 0 Å². The summed E-state index contributed by atoms with van der Waals surface area (Å²) in [6.07, 6.45) is 8.47. The third-order valence-corrected chi connectivity index (χ3v) is 5.28. The Morgan fingerprint density at radius 2 is 2.15 bits per heavy atom. The van der Waals surface area contributed by atoms with Crippen LogP contribution in [0.15, 0.2) is 0 Å². The summed E-state index contributed by atoms with van der Waals surface area (Å²) in [5, 5.41) is 3.79. The van der Waals surface area contributed by atoms with Crippen molar-refractivity contribution in [2.45, 2.75) is 64.5 Å². The third-order valence-electron chi connectivity index (χ3n) is 5.28. The number of nitrogens with zero attached hydrogens (tertiary/aromatic N) is 1. The molecular weight excluding hydrogens is 248 g/mol. The Morgan fingerprint density at radius 1 is 1.30 bits per heavy atom. The molecule has 0 radical (unpaired) electrons. The van der Waals surface area contributed by atoms with Crippen LogP contribution >= 0.6 is 0 Å². The Hall–Kier alpha value is -0.120. The van der Waals surface area contributed by atoms with Gasteiger partial charge < -0.3 is 15.0 Å². The zero-order chi connectivity index (χ0) is 14.4. The number of rotatable bonds is 6. The summed E-state index contributed by atoms with van der Waals surface area (Å²) in [6.45, 7) is 9.09. The Bertz CT molecular complexity index is 264. The molecule has 0 aromatic rings. The standard InChI is InChI=1S/C17H34N2O/c1-4-5-14(2)15-6-7-16(18-12-15)8-9-17-13-19(3)10-11-20-17/h14-18H,4-13H2,1-3H3. The molecule has 0 aliphatic carbocycles. The number of hydrogen-bond donors (Lipinski definition) is 1. The highest BCUT2D eigenvalue weighted by molar-refractivity contribution is 4.82. The average molecular weight is 282 g/mol. The topological polar surface area (TPSA) is 24.5 Å².